The summed E-state index contributed by atoms with van der Waals surface area (Å²) in [6.45, 7) is 0. The maximum Gasteiger partial charge on any atom is 0 e. The Bertz CT molecular complexity index is 225. The van der Waals surface area contributed by atoms with Crippen LogP contribution in [0.4, 0.5) is 0 Å². The van der Waals surface area contributed by atoms with Crippen LogP contribution in [-0.2, 0) is 0.304 Å². The Morgan fingerprint density at radius 1 is 1.27 bits per heavy atom. The maximum atomic E-state index is 10.8. The number of hydrogen-bond donors (Lipinski definition) is 0. The smallest absolute Gasteiger partial charge is 0 e. The first-order chi connectivity index (χ1) is 4.84. The fourth-order valence-corrected chi connectivity index (χ4v) is 0.808. The summed E-state index contributed by atoms with van der Waals surface area (Å²) in [7, 11) is 0. The molecule has 0 aliphatic rings. The number of carbonyl (C=O) groups is 1. The molecule has 0 saturated carbocycles. The van der Waals surface area contributed by atoms with Gasteiger partial charge in [0.2, 0.25) is 0 Å². The molecular weight excluding hydrogens is 433 g/mol. The summed E-state index contributed by atoms with van der Waals surface area (Å²) in [6, 6.07) is 8.79. The van der Waals surface area contributed by atoms with Gasteiger partial charge in [-0.3, -0.25) is 0 Å². The third-order valence-corrected chi connectivity index (χ3v) is 1.38. The van der Waals surface area contributed by atoms with Crippen LogP contribution in [0.3, 0.4) is 0 Å². The molecule has 0 bridgehead atoms. The van der Waals surface area contributed by atoms with Gasteiger partial charge < -0.3 is 0 Å². The SMILES string of the molecule is O=C([O][Yb])c1ccccc1.[Nd]. The number of benzene rings is 1. The molecule has 0 aromatic heterocycles. The fourth-order valence-electron chi connectivity index (χ4n) is 0.606. The van der Waals surface area contributed by atoms with Crippen LogP contribution in [0, 0.1) is 86.1 Å². The Kier molecular flexibility index (Phi) is 8.01. The largest absolute Gasteiger partial charge is 0 e. The van der Waals surface area contributed by atoms with E-state index in [0.29, 0.717) is 5.56 Å². The van der Waals surface area contributed by atoms with Crippen LogP contribution in [0.15, 0.2) is 30.3 Å². The molecule has 0 amide bonds. The van der Waals surface area contributed by atoms with Crippen LogP contribution >= 0.6 is 0 Å². The van der Waals surface area contributed by atoms with Gasteiger partial charge in [-0.2, -0.15) is 0 Å². The molecule has 1 rings (SSSR count). The molecule has 0 unspecified atom stereocenters. The van der Waals surface area contributed by atoms with Crippen LogP contribution in [0.1, 0.15) is 10.4 Å². The third-order valence-electron chi connectivity index (χ3n) is 1.06. The zero-order chi connectivity index (χ0) is 7.40. The zero-order valence-electron chi connectivity index (χ0n) is 5.47. The van der Waals surface area contributed by atoms with Crippen molar-refractivity contribution in [2.24, 2.45) is 0 Å². The molecule has 1 aromatic carbocycles. The number of rotatable bonds is 1. The van der Waals surface area contributed by atoms with Gasteiger partial charge in [-0.15, -0.1) is 0 Å². The molecule has 0 radical (unpaired) electrons. The molecule has 2 nitrogen and oxygen atoms in total. The van der Waals surface area contributed by atoms with Gasteiger partial charge in [-0.05, 0) is 0 Å². The summed E-state index contributed by atoms with van der Waals surface area (Å²) in [4.78, 5) is 10.8. The predicted molar refractivity (Wildman–Crippen MR) is 31.9 cm³/mol. The molecule has 0 fully saturated rings. The van der Waals surface area contributed by atoms with Crippen LogP contribution in [-0.4, -0.2) is 5.97 Å². The van der Waals surface area contributed by atoms with Gasteiger partial charge in [0.1, 0.15) is 0 Å². The first kappa shape index (κ1) is 12.6. The molecule has 0 heterocycles. The normalized spacial score (nSPS) is 8.18. The minimum Gasteiger partial charge on any atom is 0 e. The molecule has 63 valence electrons. The van der Waals surface area contributed by atoms with Gasteiger partial charge in [-0.1, -0.05) is 0 Å². The molecule has 4 heteroatoms. The molecular formula is C7H5NdO2Yb. The number of carbonyl (C=O) groups excluding carboxylic acids is 1. The molecule has 11 heavy (non-hydrogen) atoms. The van der Waals surface area contributed by atoms with Crippen molar-refractivity contribution in [2.75, 3.05) is 0 Å². The fraction of sp³-hybridized carbons (Fsp3) is 0. The summed E-state index contributed by atoms with van der Waals surface area (Å²) < 4.78 is 4.36. The van der Waals surface area contributed by atoms with E-state index in [2.05, 4.69) is 45.6 Å². The van der Waals surface area contributed by atoms with Crippen LogP contribution in [0.25, 0.3) is 0 Å². The molecule has 0 saturated heterocycles. The van der Waals surface area contributed by atoms with Gasteiger partial charge >= 0.3 is 92.3 Å². The topological polar surface area (TPSA) is 26.3 Å². The summed E-state index contributed by atoms with van der Waals surface area (Å²) >= 11 is 2.28. The molecule has 0 spiro atoms. The van der Waals surface area contributed by atoms with E-state index in [9.17, 15) is 4.79 Å². The van der Waals surface area contributed by atoms with E-state index >= 15 is 0 Å². The Labute approximate surface area is 130 Å². The standard InChI is InChI=1S/C7H6O2.Nd.Yb/c8-7(9)6-4-2-1-3-5-6;;/h1-5H,(H,8,9);;/q;;+1/p-1. The first-order valence-electron chi connectivity index (χ1n) is 2.68. The van der Waals surface area contributed by atoms with Crippen molar-refractivity contribution in [3.05, 3.63) is 35.9 Å². The monoisotopic (exact) mass is 437 g/mol. The quantitative estimate of drug-likeness (QED) is 0.661. The van der Waals surface area contributed by atoms with Gasteiger partial charge in [0.25, 0.3) is 0 Å². The van der Waals surface area contributed by atoms with E-state index in [0.717, 1.165) is 0 Å². The van der Waals surface area contributed by atoms with Crippen molar-refractivity contribution in [2.45, 2.75) is 0 Å². The van der Waals surface area contributed by atoms with E-state index in [1.807, 2.05) is 6.07 Å². The predicted octanol–water partition coefficient (Wildman–Crippen LogP) is 1.31. The maximum absolute atomic E-state index is 10.8. The van der Waals surface area contributed by atoms with Gasteiger partial charge in [0.05, 0.1) is 0 Å². The van der Waals surface area contributed by atoms with Crippen molar-refractivity contribution in [3.8, 4) is 0 Å². The second-order valence-corrected chi connectivity index (χ2v) is 2.06. The van der Waals surface area contributed by atoms with Crippen molar-refractivity contribution in [1.82, 2.24) is 0 Å². The second-order valence-electron chi connectivity index (χ2n) is 1.71. The Balaban J connectivity index is 0.000001000. The van der Waals surface area contributed by atoms with Crippen molar-refractivity contribution < 1.29 is 91.2 Å². The van der Waals surface area contributed by atoms with E-state index < -0.39 is 0 Å². The minimum absolute atomic E-state index is 0. The van der Waals surface area contributed by atoms with Crippen molar-refractivity contribution in [3.63, 3.8) is 0 Å². The van der Waals surface area contributed by atoms with Gasteiger partial charge in [0.15, 0.2) is 0 Å². The Hall–Kier alpha value is 1.56. The van der Waals surface area contributed by atoms with Crippen LogP contribution in [0.2, 0.25) is 0 Å². The van der Waals surface area contributed by atoms with Gasteiger partial charge in [-0.25, -0.2) is 0 Å². The Morgan fingerprint density at radius 3 is 2.27 bits per heavy atom. The molecule has 0 aliphatic carbocycles. The first-order valence-corrected chi connectivity index (χ1v) is 3.38. The minimum atomic E-state index is -0.353. The van der Waals surface area contributed by atoms with Crippen molar-refractivity contribution in [1.29, 1.82) is 0 Å². The summed E-state index contributed by atoms with van der Waals surface area (Å²) in [5.41, 5.74) is 0.553. The zero-order valence-corrected chi connectivity index (χ0v) is 10.4. The number of hydrogen-bond acceptors (Lipinski definition) is 2. The van der Waals surface area contributed by atoms with E-state index in [-0.39, 0.29) is 46.8 Å². The van der Waals surface area contributed by atoms with E-state index in [1.54, 1.807) is 24.3 Å². The third kappa shape index (κ3) is 4.36. The average Bonchev–Trinajstić information content (AvgIpc) is 2.05. The molecule has 0 N–H and O–H groups in total. The van der Waals surface area contributed by atoms with E-state index in [1.165, 1.54) is 0 Å². The molecule has 1 aromatic rings. The van der Waals surface area contributed by atoms with E-state index in [4.69, 9.17) is 0 Å². The van der Waals surface area contributed by atoms with Crippen LogP contribution < -0.4 is 0 Å². The molecule has 0 aliphatic heterocycles. The second kappa shape index (κ2) is 7.01. The summed E-state index contributed by atoms with van der Waals surface area (Å²) in [5.74, 6) is -0.353. The molecule has 0 atom stereocenters. The summed E-state index contributed by atoms with van der Waals surface area (Å²) in [5, 5.41) is 0. The summed E-state index contributed by atoms with van der Waals surface area (Å²) in [6.07, 6.45) is 0. The Morgan fingerprint density at radius 2 is 1.82 bits per heavy atom. The average molecular weight is 438 g/mol. The van der Waals surface area contributed by atoms with Crippen molar-refractivity contribution >= 4 is 5.97 Å². The van der Waals surface area contributed by atoms with Gasteiger partial charge in [0, 0.05) is 40.8 Å². The van der Waals surface area contributed by atoms with Crippen LogP contribution in [0.5, 0.6) is 0 Å².